The molecule has 1 amide bonds. The van der Waals surface area contributed by atoms with E-state index in [2.05, 4.69) is 53.9 Å². The number of fused-ring (bicyclic) bond motifs is 1. The third-order valence-corrected chi connectivity index (χ3v) is 13.7. The molecule has 14 heteroatoms. The highest BCUT2D eigenvalue weighted by Gasteiger charge is 2.39. The maximum absolute atomic E-state index is 11.2. The van der Waals surface area contributed by atoms with E-state index >= 15 is 0 Å². The minimum absolute atomic E-state index is 0.0219. The number of benzene rings is 1. The summed E-state index contributed by atoms with van der Waals surface area (Å²) >= 11 is 6.82. The first-order valence-electron chi connectivity index (χ1n) is 15.5. The van der Waals surface area contributed by atoms with Crippen LogP contribution < -0.4 is 15.4 Å². The average molecular weight is 680 g/mol. The fraction of sp³-hybridized carbons (Fsp3) is 0.455. The van der Waals surface area contributed by atoms with Gasteiger partial charge in [0.15, 0.2) is 14.1 Å². The minimum Gasteiger partial charge on any atom is -0.491 e. The summed E-state index contributed by atoms with van der Waals surface area (Å²) < 4.78 is 23.5. The van der Waals surface area contributed by atoms with Crippen molar-refractivity contribution >= 4 is 31.8 Å². The smallest absolute Gasteiger partial charge is 0.404 e. The molecule has 1 aromatic carbocycles. The van der Waals surface area contributed by atoms with Crippen LogP contribution in [0.15, 0.2) is 35.2 Å². The van der Waals surface area contributed by atoms with E-state index in [1.807, 2.05) is 33.0 Å². The van der Waals surface area contributed by atoms with Crippen molar-refractivity contribution < 1.29 is 23.2 Å². The molecule has 0 aliphatic carbocycles. The van der Waals surface area contributed by atoms with E-state index in [4.69, 9.17) is 45.7 Å². The van der Waals surface area contributed by atoms with Crippen LogP contribution in [-0.2, 0) is 22.3 Å². The van der Waals surface area contributed by atoms with Crippen LogP contribution in [0.2, 0.25) is 23.2 Å². The van der Waals surface area contributed by atoms with E-state index in [-0.39, 0.29) is 24.4 Å². The van der Waals surface area contributed by atoms with Crippen molar-refractivity contribution in [2.45, 2.75) is 85.3 Å². The zero-order valence-corrected chi connectivity index (χ0v) is 29.9. The third kappa shape index (κ3) is 7.58. The van der Waals surface area contributed by atoms with Gasteiger partial charge in [0.05, 0.1) is 46.9 Å². The number of rotatable bonds is 11. The van der Waals surface area contributed by atoms with Gasteiger partial charge in [0.25, 0.3) is 0 Å². The number of ether oxygens (including phenoxy) is 2. The van der Waals surface area contributed by atoms with E-state index in [1.54, 1.807) is 18.5 Å². The molecule has 1 atom stereocenters. The molecule has 4 heterocycles. The second kappa shape index (κ2) is 13.6. The van der Waals surface area contributed by atoms with Crippen molar-refractivity contribution in [2.75, 3.05) is 18.1 Å². The van der Waals surface area contributed by atoms with Gasteiger partial charge in [-0.2, -0.15) is 0 Å². The maximum Gasteiger partial charge on any atom is 0.404 e. The number of nitrogens with zero attached hydrogens (tertiary/aromatic N) is 6. The lowest BCUT2D eigenvalue weighted by Gasteiger charge is -2.39. The van der Waals surface area contributed by atoms with Crippen LogP contribution in [0.1, 0.15) is 55.5 Å². The summed E-state index contributed by atoms with van der Waals surface area (Å²) in [5.41, 5.74) is 11.0. The molecular weight excluding hydrogens is 638 g/mol. The summed E-state index contributed by atoms with van der Waals surface area (Å²) in [6.07, 6.45) is 2.69. The topological polar surface area (TPSA) is 152 Å². The number of hydrogen-bond acceptors (Lipinski definition) is 11. The van der Waals surface area contributed by atoms with E-state index in [9.17, 15) is 4.79 Å². The predicted molar refractivity (Wildman–Crippen MR) is 182 cm³/mol. The van der Waals surface area contributed by atoms with Gasteiger partial charge in [0, 0.05) is 35.9 Å². The number of primary amides is 1. The molecule has 1 aliphatic heterocycles. The molecule has 0 saturated carbocycles. The Morgan fingerprint density at radius 3 is 2.60 bits per heavy atom. The largest absolute Gasteiger partial charge is 0.491 e. The number of hydrogen-bond donors (Lipinski definition) is 1. The highest BCUT2D eigenvalue weighted by Crippen LogP contribution is 2.40. The number of aromatic nitrogens is 5. The number of anilines is 1. The highest BCUT2D eigenvalue weighted by molar-refractivity contribution is 6.74. The predicted octanol–water partition coefficient (Wildman–Crippen LogP) is 6.94. The Morgan fingerprint density at radius 2 is 1.94 bits per heavy atom. The molecular formula is C33H42ClN7O5Si. The summed E-state index contributed by atoms with van der Waals surface area (Å²) in [4.78, 5) is 32.2. The first-order chi connectivity index (χ1) is 22.1. The fourth-order valence-corrected chi connectivity index (χ4v) is 6.84. The van der Waals surface area contributed by atoms with Gasteiger partial charge >= 0.3 is 6.09 Å². The molecule has 0 fully saturated rings. The van der Waals surface area contributed by atoms with Gasteiger partial charge < -0.3 is 29.1 Å². The van der Waals surface area contributed by atoms with Gasteiger partial charge in [-0.05, 0) is 57.1 Å². The summed E-state index contributed by atoms with van der Waals surface area (Å²) in [7, 11) is -2.16. The first kappa shape index (κ1) is 34.3. The molecule has 0 saturated heterocycles. The van der Waals surface area contributed by atoms with E-state index in [0.717, 1.165) is 33.9 Å². The van der Waals surface area contributed by atoms with Crippen molar-refractivity contribution in [2.24, 2.45) is 5.73 Å². The number of aryl methyl sites for hydroxylation is 2. The number of carbonyl (C=O) groups excluding carboxylic acids is 1. The lowest BCUT2D eigenvalue weighted by Crippen LogP contribution is -2.45. The Labute approximate surface area is 281 Å². The lowest BCUT2D eigenvalue weighted by atomic mass is 10.0. The van der Waals surface area contributed by atoms with Crippen LogP contribution in [0.3, 0.4) is 0 Å². The number of nitrogens with two attached hydrogens (primary N) is 1. The molecule has 47 heavy (non-hydrogen) atoms. The molecule has 0 radical (unpaired) electrons. The SMILES string of the molecule is Cc1noc(C)c1-c1nc(-c2cc(OC[C@@H](CCOC(N)=O)O[Si](C)(C)C(C)(C)C)ccc2Cl)nc(N2Cc3cncnc3C2)c1C. The van der Waals surface area contributed by atoms with E-state index < -0.39 is 14.4 Å². The van der Waals surface area contributed by atoms with Gasteiger partial charge in [-0.1, -0.05) is 37.5 Å². The van der Waals surface area contributed by atoms with Gasteiger partial charge in [-0.3, -0.25) is 0 Å². The van der Waals surface area contributed by atoms with Crippen LogP contribution >= 0.6 is 11.6 Å². The molecule has 0 spiro atoms. The molecule has 1 aliphatic rings. The van der Waals surface area contributed by atoms with Crippen LogP contribution in [0, 0.1) is 20.8 Å². The quantitative estimate of drug-likeness (QED) is 0.164. The summed E-state index contributed by atoms with van der Waals surface area (Å²) in [5.74, 6) is 2.41. The van der Waals surface area contributed by atoms with Crippen molar-refractivity contribution in [3.8, 4) is 28.4 Å². The number of amides is 1. The van der Waals surface area contributed by atoms with Crippen molar-refractivity contribution in [1.29, 1.82) is 0 Å². The monoisotopic (exact) mass is 679 g/mol. The average Bonchev–Trinajstić information content (AvgIpc) is 3.58. The molecule has 0 bridgehead atoms. The van der Waals surface area contributed by atoms with E-state index in [1.165, 1.54) is 0 Å². The Bertz CT molecular complexity index is 1730. The Hall–Kier alpha value is -4.07. The zero-order chi connectivity index (χ0) is 34.1. The highest BCUT2D eigenvalue weighted by atomic mass is 35.5. The van der Waals surface area contributed by atoms with Crippen molar-refractivity contribution in [3.63, 3.8) is 0 Å². The number of carbonyl (C=O) groups is 1. The first-order valence-corrected chi connectivity index (χ1v) is 18.8. The second-order valence-corrected chi connectivity index (χ2v) is 18.5. The molecule has 250 valence electrons. The Balaban J connectivity index is 1.49. The van der Waals surface area contributed by atoms with Gasteiger partial charge in [-0.25, -0.2) is 24.7 Å². The summed E-state index contributed by atoms with van der Waals surface area (Å²) in [5, 5.41) is 4.63. The zero-order valence-electron chi connectivity index (χ0n) is 28.2. The molecule has 12 nitrogen and oxygen atoms in total. The van der Waals surface area contributed by atoms with Crippen LogP contribution in [0.5, 0.6) is 5.75 Å². The van der Waals surface area contributed by atoms with Crippen LogP contribution in [0.25, 0.3) is 22.6 Å². The Kier molecular flexibility index (Phi) is 9.90. The van der Waals surface area contributed by atoms with Crippen LogP contribution in [0.4, 0.5) is 10.6 Å². The Morgan fingerprint density at radius 1 is 1.17 bits per heavy atom. The van der Waals surface area contributed by atoms with Crippen molar-refractivity contribution in [1.82, 2.24) is 25.1 Å². The minimum atomic E-state index is -2.16. The summed E-state index contributed by atoms with van der Waals surface area (Å²) in [6, 6.07) is 5.41. The van der Waals surface area contributed by atoms with Gasteiger partial charge in [0.2, 0.25) is 0 Å². The number of halogens is 1. The fourth-order valence-electron chi connectivity index (χ4n) is 5.26. The second-order valence-electron chi connectivity index (χ2n) is 13.3. The molecule has 5 rings (SSSR count). The lowest BCUT2D eigenvalue weighted by molar-refractivity contribution is 0.0809. The van der Waals surface area contributed by atoms with Gasteiger partial charge in [0.1, 0.15) is 30.3 Å². The van der Waals surface area contributed by atoms with Crippen molar-refractivity contribution in [3.05, 3.63) is 64.0 Å². The van der Waals surface area contributed by atoms with Gasteiger partial charge in [-0.15, -0.1) is 0 Å². The summed E-state index contributed by atoms with van der Waals surface area (Å²) in [6.45, 7) is 18.2. The van der Waals surface area contributed by atoms with E-state index in [0.29, 0.717) is 53.1 Å². The molecule has 3 aromatic heterocycles. The molecule has 2 N–H and O–H groups in total. The molecule has 4 aromatic rings. The molecule has 0 unspecified atom stereocenters. The maximum atomic E-state index is 11.2. The standard InChI is InChI=1S/C33H42ClN7O5Si/c1-19-29(28-20(2)40-45-21(28)3)38-30(39-31(19)41-15-22-14-36-18-37-27(22)16-41)25-13-23(9-10-26(25)34)44-17-24(11-12-43-32(35)42)46-47(7,8)33(4,5)6/h9-10,13-14,18,24H,11-12,15-17H2,1-8H3,(H2,35,42)/t24-/m1/s1. The third-order valence-electron chi connectivity index (χ3n) is 8.84. The van der Waals surface area contributed by atoms with Crippen LogP contribution in [-0.4, -0.2) is 58.8 Å². The normalized spacial score (nSPS) is 13.9.